The van der Waals surface area contributed by atoms with Gasteiger partial charge in [-0.15, -0.1) is 6.58 Å². The molecule has 1 saturated heterocycles. The van der Waals surface area contributed by atoms with Crippen molar-refractivity contribution in [2.24, 2.45) is 0 Å². The minimum Gasteiger partial charge on any atom is -0.487 e. The quantitative estimate of drug-likeness (QED) is 0.142. The normalized spacial score (nSPS) is 15.3. The lowest BCUT2D eigenvalue weighted by Crippen LogP contribution is -2.53. The first-order valence-electron chi connectivity index (χ1n) is 8.76. The van der Waals surface area contributed by atoms with E-state index in [4.69, 9.17) is 40.2 Å². The minimum atomic E-state index is -0.542. The van der Waals surface area contributed by atoms with Crippen molar-refractivity contribution < 1.29 is 14.3 Å². The van der Waals surface area contributed by atoms with E-state index in [0.29, 0.717) is 25.8 Å². The SMILES string of the molecule is C=CCN1C(=O)/C(=C/c2cc(Br)c(OCc3ccc(Cl)cc3Cl)c(I)c2)C(=O)NC1=S. The van der Waals surface area contributed by atoms with E-state index in [1.54, 1.807) is 24.3 Å². The summed E-state index contributed by atoms with van der Waals surface area (Å²) in [7, 11) is 0. The predicted molar refractivity (Wildman–Crippen MR) is 138 cm³/mol. The van der Waals surface area contributed by atoms with Crippen molar-refractivity contribution in [2.75, 3.05) is 6.54 Å². The van der Waals surface area contributed by atoms with Crippen LogP contribution in [0, 0.1) is 3.57 Å². The number of carbonyl (C=O) groups is 2. The number of carbonyl (C=O) groups excluding carboxylic acids is 2. The molecule has 0 atom stereocenters. The van der Waals surface area contributed by atoms with Gasteiger partial charge in [0.2, 0.25) is 0 Å². The van der Waals surface area contributed by atoms with Gasteiger partial charge in [-0.05, 0) is 86.6 Å². The van der Waals surface area contributed by atoms with E-state index < -0.39 is 11.8 Å². The molecular formula is C21H14BrCl2IN2O3S. The van der Waals surface area contributed by atoms with Crippen molar-refractivity contribution in [3.63, 3.8) is 0 Å². The molecular weight excluding hydrogens is 638 g/mol. The standard InChI is InChI=1S/C21H14BrCl2IN2O3S/c1-2-5-27-20(29)14(19(28)26-21(27)31)6-11-7-15(22)18(17(25)8-11)30-10-12-3-4-13(23)9-16(12)24/h2-4,6-9H,1,5,10H2,(H,26,28,31)/b14-6+. The molecule has 1 heterocycles. The largest absolute Gasteiger partial charge is 0.487 e. The average Bonchev–Trinajstić information content (AvgIpc) is 2.69. The number of ether oxygens (including phenoxy) is 1. The number of thiocarbonyl (C=S) groups is 1. The van der Waals surface area contributed by atoms with Gasteiger partial charge in [-0.2, -0.15) is 0 Å². The van der Waals surface area contributed by atoms with Gasteiger partial charge in [0.1, 0.15) is 17.9 Å². The Morgan fingerprint density at radius 2 is 2.00 bits per heavy atom. The summed E-state index contributed by atoms with van der Waals surface area (Å²) in [5, 5.41) is 3.66. The summed E-state index contributed by atoms with van der Waals surface area (Å²) in [4.78, 5) is 26.3. The average molecular weight is 652 g/mol. The van der Waals surface area contributed by atoms with Crippen molar-refractivity contribution in [3.05, 3.63) is 77.8 Å². The monoisotopic (exact) mass is 650 g/mol. The Labute approximate surface area is 216 Å². The minimum absolute atomic E-state index is 0.0141. The fraction of sp³-hybridized carbons (Fsp3) is 0.0952. The number of benzene rings is 2. The first-order chi connectivity index (χ1) is 14.7. The first-order valence-corrected chi connectivity index (χ1v) is 11.8. The Kier molecular flexibility index (Phi) is 8.14. The van der Waals surface area contributed by atoms with E-state index in [2.05, 4.69) is 50.4 Å². The molecule has 10 heteroatoms. The fourth-order valence-corrected chi connectivity index (χ4v) is 5.23. The Morgan fingerprint density at radius 3 is 2.65 bits per heavy atom. The molecule has 0 saturated carbocycles. The van der Waals surface area contributed by atoms with E-state index in [1.807, 2.05) is 6.07 Å². The molecule has 5 nitrogen and oxygen atoms in total. The zero-order valence-corrected chi connectivity index (χ0v) is 21.8. The maximum Gasteiger partial charge on any atom is 0.265 e. The van der Waals surface area contributed by atoms with Crippen LogP contribution < -0.4 is 10.1 Å². The summed E-state index contributed by atoms with van der Waals surface area (Å²) in [6.45, 7) is 4.07. The Balaban J connectivity index is 1.85. The van der Waals surface area contributed by atoms with Crippen molar-refractivity contribution in [1.82, 2.24) is 10.2 Å². The molecule has 2 aromatic carbocycles. The van der Waals surface area contributed by atoms with Gasteiger partial charge in [0.25, 0.3) is 11.8 Å². The van der Waals surface area contributed by atoms with Crippen LogP contribution in [0.4, 0.5) is 0 Å². The number of nitrogens with one attached hydrogen (secondary N) is 1. The number of nitrogens with zero attached hydrogens (tertiary/aromatic N) is 1. The number of amides is 2. The van der Waals surface area contributed by atoms with E-state index in [1.165, 1.54) is 17.1 Å². The molecule has 3 rings (SSSR count). The lowest BCUT2D eigenvalue weighted by atomic mass is 10.1. The Morgan fingerprint density at radius 1 is 1.26 bits per heavy atom. The molecule has 0 aliphatic carbocycles. The molecule has 2 aromatic rings. The van der Waals surface area contributed by atoms with Crippen LogP contribution in [-0.4, -0.2) is 28.4 Å². The fourth-order valence-electron chi connectivity index (χ4n) is 2.74. The highest BCUT2D eigenvalue weighted by Gasteiger charge is 2.32. The smallest absolute Gasteiger partial charge is 0.265 e. The van der Waals surface area contributed by atoms with Crippen molar-refractivity contribution in [2.45, 2.75) is 6.61 Å². The van der Waals surface area contributed by atoms with E-state index in [-0.39, 0.29) is 23.8 Å². The number of hydrogen-bond acceptors (Lipinski definition) is 4. The third-order valence-electron chi connectivity index (χ3n) is 4.22. The van der Waals surface area contributed by atoms with Crippen LogP contribution in [0.1, 0.15) is 11.1 Å². The molecule has 0 spiro atoms. The highest BCUT2D eigenvalue weighted by atomic mass is 127. The van der Waals surface area contributed by atoms with Crippen LogP contribution in [-0.2, 0) is 16.2 Å². The molecule has 0 bridgehead atoms. The topological polar surface area (TPSA) is 58.6 Å². The van der Waals surface area contributed by atoms with Crippen molar-refractivity contribution in [3.8, 4) is 5.75 Å². The van der Waals surface area contributed by atoms with Crippen LogP contribution >= 0.6 is 73.9 Å². The number of hydrogen-bond donors (Lipinski definition) is 1. The van der Waals surface area contributed by atoms with Crippen LogP contribution in [0.25, 0.3) is 6.08 Å². The van der Waals surface area contributed by atoms with E-state index in [0.717, 1.165) is 9.13 Å². The summed E-state index contributed by atoms with van der Waals surface area (Å²) in [5.74, 6) is -0.403. The van der Waals surface area contributed by atoms with Gasteiger partial charge in [-0.3, -0.25) is 19.8 Å². The van der Waals surface area contributed by atoms with Gasteiger partial charge < -0.3 is 4.74 Å². The molecule has 0 aromatic heterocycles. The third kappa shape index (κ3) is 5.67. The molecule has 2 amide bonds. The third-order valence-corrected chi connectivity index (χ3v) is 6.52. The molecule has 0 radical (unpaired) electrons. The van der Waals surface area contributed by atoms with Crippen LogP contribution in [0.5, 0.6) is 5.75 Å². The summed E-state index contributed by atoms with van der Waals surface area (Å²) in [5.41, 5.74) is 1.43. The maximum atomic E-state index is 12.7. The highest BCUT2D eigenvalue weighted by Crippen LogP contribution is 2.34. The van der Waals surface area contributed by atoms with Crippen molar-refractivity contribution in [1.29, 1.82) is 0 Å². The van der Waals surface area contributed by atoms with Crippen LogP contribution in [0.3, 0.4) is 0 Å². The Hall–Kier alpha value is -1.46. The summed E-state index contributed by atoms with van der Waals surface area (Å²) in [6, 6.07) is 8.78. The molecule has 1 fully saturated rings. The molecule has 31 heavy (non-hydrogen) atoms. The second kappa shape index (κ2) is 10.4. The van der Waals surface area contributed by atoms with Gasteiger partial charge in [0.05, 0.1) is 8.04 Å². The molecule has 1 N–H and O–H groups in total. The summed E-state index contributed by atoms with van der Waals surface area (Å²) < 4.78 is 7.39. The second-order valence-electron chi connectivity index (χ2n) is 6.36. The van der Waals surface area contributed by atoms with Gasteiger partial charge in [-0.25, -0.2) is 0 Å². The Bertz CT molecular complexity index is 1120. The van der Waals surface area contributed by atoms with Crippen LogP contribution in [0.15, 0.2) is 53.0 Å². The summed E-state index contributed by atoms with van der Waals surface area (Å²) in [6.07, 6.45) is 3.06. The summed E-state index contributed by atoms with van der Waals surface area (Å²) >= 11 is 22.8. The first kappa shape index (κ1) is 24.2. The van der Waals surface area contributed by atoms with E-state index >= 15 is 0 Å². The molecule has 1 aliphatic heterocycles. The maximum absolute atomic E-state index is 12.7. The molecule has 0 unspecified atom stereocenters. The zero-order chi connectivity index (χ0) is 22.7. The lowest BCUT2D eigenvalue weighted by molar-refractivity contribution is -0.128. The van der Waals surface area contributed by atoms with E-state index in [9.17, 15) is 9.59 Å². The van der Waals surface area contributed by atoms with Gasteiger partial charge in [0, 0.05) is 22.2 Å². The number of halogens is 4. The predicted octanol–water partition coefficient (Wildman–Crippen LogP) is 5.75. The van der Waals surface area contributed by atoms with Gasteiger partial charge in [-0.1, -0.05) is 35.3 Å². The van der Waals surface area contributed by atoms with Crippen LogP contribution in [0.2, 0.25) is 10.0 Å². The lowest BCUT2D eigenvalue weighted by Gasteiger charge is -2.27. The molecule has 1 aliphatic rings. The van der Waals surface area contributed by atoms with Gasteiger partial charge in [0.15, 0.2) is 5.11 Å². The molecule has 160 valence electrons. The van der Waals surface area contributed by atoms with Gasteiger partial charge >= 0.3 is 0 Å². The number of rotatable bonds is 6. The second-order valence-corrected chi connectivity index (χ2v) is 9.61. The van der Waals surface area contributed by atoms with Crippen molar-refractivity contribution >= 4 is 96.9 Å². The highest BCUT2D eigenvalue weighted by molar-refractivity contribution is 14.1. The zero-order valence-electron chi connectivity index (χ0n) is 15.8.